The number of nitrogens with zero attached hydrogens (tertiary/aromatic N) is 3. The quantitative estimate of drug-likeness (QED) is 0.521. The van der Waals surface area contributed by atoms with Crippen LogP contribution in [0.5, 0.6) is 0 Å². The summed E-state index contributed by atoms with van der Waals surface area (Å²) in [5, 5.41) is 10.9. The molecule has 1 heterocycles. The summed E-state index contributed by atoms with van der Waals surface area (Å²) in [5.41, 5.74) is 0. The summed E-state index contributed by atoms with van der Waals surface area (Å²) in [6, 6.07) is 0. The first-order valence-corrected chi connectivity index (χ1v) is 4.59. The van der Waals surface area contributed by atoms with Crippen molar-refractivity contribution >= 4 is 0 Å². The molecule has 0 aromatic carbocycles. The van der Waals surface area contributed by atoms with Gasteiger partial charge < -0.3 is 5.32 Å². The van der Waals surface area contributed by atoms with Gasteiger partial charge in [0, 0.05) is 19.3 Å². The molecule has 13 heavy (non-hydrogen) atoms. The van der Waals surface area contributed by atoms with Crippen molar-refractivity contribution in [3.63, 3.8) is 0 Å². The van der Waals surface area contributed by atoms with Gasteiger partial charge in [-0.15, -0.1) is 5.10 Å². The minimum atomic E-state index is 0.933. The van der Waals surface area contributed by atoms with Crippen LogP contribution in [0, 0.1) is 0 Å². The molecule has 72 valence electrons. The molecule has 0 bridgehead atoms. The molecule has 0 radical (unpaired) electrons. The molecule has 1 N–H and O–H groups in total. The van der Waals surface area contributed by atoms with Crippen molar-refractivity contribution in [3.8, 4) is 0 Å². The number of hydrogen-bond donors (Lipinski definition) is 1. The van der Waals surface area contributed by atoms with E-state index in [1.54, 1.807) is 6.20 Å². The van der Waals surface area contributed by atoms with Crippen LogP contribution in [0.15, 0.2) is 24.5 Å². The van der Waals surface area contributed by atoms with Gasteiger partial charge in [-0.1, -0.05) is 17.4 Å². The third-order valence-electron chi connectivity index (χ3n) is 1.71. The molecule has 0 atom stereocenters. The van der Waals surface area contributed by atoms with Crippen LogP contribution in [-0.4, -0.2) is 28.1 Å². The van der Waals surface area contributed by atoms with Crippen LogP contribution in [0.3, 0.4) is 0 Å². The summed E-state index contributed by atoms with van der Waals surface area (Å²) in [5.74, 6) is 0. The lowest BCUT2D eigenvalue weighted by atomic mass is 10.4. The maximum Gasteiger partial charge on any atom is 0.0692 e. The van der Waals surface area contributed by atoms with E-state index < -0.39 is 0 Å². The zero-order chi connectivity index (χ0) is 9.36. The Labute approximate surface area is 78.6 Å². The predicted octanol–water partition coefficient (Wildman–Crippen LogP) is 0.834. The van der Waals surface area contributed by atoms with Gasteiger partial charge in [0.05, 0.1) is 6.20 Å². The number of allylic oxidation sites excluding steroid dienone is 1. The monoisotopic (exact) mass is 180 g/mol. The van der Waals surface area contributed by atoms with E-state index in [9.17, 15) is 0 Å². The van der Waals surface area contributed by atoms with Crippen molar-refractivity contribution in [2.45, 2.75) is 19.9 Å². The van der Waals surface area contributed by atoms with E-state index in [2.05, 4.69) is 21.7 Å². The van der Waals surface area contributed by atoms with E-state index in [1.807, 2.05) is 23.9 Å². The van der Waals surface area contributed by atoms with Crippen LogP contribution in [-0.2, 0) is 6.54 Å². The van der Waals surface area contributed by atoms with E-state index in [-0.39, 0.29) is 0 Å². The first kappa shape index (κ1) is 9.92. The summed E-state index contributed by atoms with van der Waals surface area (Å²) in [7, 11) is 0. The summed E-state index contributed by atoms with van der Waals surface area (Å²) < 4.78 is 1.84. The smallest absolute Gasteiger partial charge is 0.0692 e. The van der Waals surface area contributed by atoms with Crippen molar-refractivity contribution in [1.82, 2.24) is 20.3 Å². The highest BCUT2D eigenvalue weighted by Crippen LogP contribution is 1.85. The van der Waals surface area contributed by atoms with E-state index in [1.165, 1.54) is 0 Å². The van der Waals surface area contributed by atoms with Crippen molar-refractivity contribution in [2.24, 2.45) is 0 Å². The SMILES string of the molecule is C/C=C/CNCCCn1ccnn1. The average molecular weight is 180 g/mol. The van der Waals surface area contributed by atoms with Gasteiger partial charge in [-0.3, -0.25) is 4.68 Å². The Balaban J connectivity index is 1.96. The molecular formula is C9H16N4. The highest BCUT2D eigenvalue weighted by Gasteiger charge is 1.90. The molecule has 1 aromatic rings. The number of nitrogens with one attached hydrogen (secondary N) is 1. The highest BCUT2D eigenvalue weighted by atomic mass is 15.4. The minimum absolute atomic E-state index is 0.933. The van der Waals surface area contributed by atoms with Gasteiger partial charge in [-0.25, -0.2) is 0 Å². The molecule has 1 rings (SSSR count). The van der Waals surface area contributed by atoms with E-state index in [0.29, 0.717) is 0 Å². The number of rotatable bonds is 6. The second kappa shape index (κ2) is 6.37. The van der Waals surface area contributed by atoms with E-state index in [0.717, 1.165) is 26.1 Å². The molecule has 1 aromatic heterocycles. The van der Waals surface area contributed by atoms with Crippen LogP contribution in [0.25, 0.3) is 0 Å². The average Bonchev–Trinajstić information content (AvgIpc) is 2.63. The molecule has 0 saturated carbocycles. The minimum Gasteiger partial charge on any atom is -0.313 e. The summed E-state index contributed by atoms with van der Waals surface area (Å²) in [6.45, 7) is 4.93. The zero-order valence-corrected chi connectivity index (χ0v) is 7.98. The second-order valence-corrected chi connectivity index (χ2v) is 2.79. The van der Waals surface area contributed by atoms with Crippen molar-refractivity contribution in [3.05, 3.63) is 24.5 Å². The molecule has 0 aliphatic carbocycles. The molecule has 0 spiro atoms. The lowest BCUT2D eigenvalue weighted by molar-refractivity contribution is 0.539. The Morgan fingerprint density at radius 2 is 2.46 bits per heavy atom. The van der Waals surface area contributed by atoms with Crippen LogP contribution < -0.4 is 5.32 Å². The zero-order valence-electron chi connectivity index (χ0n) is 7.98. The Morgan fingerprint density at radius 3 is 3.15 bits per heavy atom. The van der Waals surface area contributed by atoms with Gasteiger partial charge in [-0.2, -0.15) is 0 Å². The van der Waals surface area contributed by atoms with Gasteiger partial charge in [0.2, 0.25) is 0 Å². The van der Waals surface area contributed by atoms with Gasteiger partial charge >= 0.3 is 0 Å². The molecular weight excluding hydrogens is 164 g/mol. The van der Waals surface area contributed by atoms with Gasteiger partial charge in [0.1, 0.15) is 0 Å². The Kier molecular flexibility index (Phi) is 4.86. The lowest BCUT2D eigenvalue weighted by Crippen LogP contribution is -2.16. The third kappa shape index (κ3) is 4.42. The predicted molar refractivity (Wildman–Crippen MR) is 52.3 cm³/mol. The van der Waals surface area contributed by atoms with Gasteiger partial charge in [0.15, 0.2) is 0 Å². The molecule has 0 unspecified atom stereocenters. The maximum absolute atomic E-state index is 3.88. The van der Waals surface area contributed by atoms with Crippen molar-refractivity contribution in [2.75, 3.05) is 13.1 Å². The Morgan fingerprint density at radius 1 is 1.54 bits per heavy atom. The fourth-order valence-corrected chi connectivity index (χ4v) is 1.02. The standard InChI is InChI=1S/C9H16N4/c1-2-3-5-10-6-4-8-13-9-7-11-12-13/h2-3,7,9-10H,4-6,8H2,1H3/b3-2+. The number of hydrogen-bond acceptors (Lipinski definition) is 3. The molecule has 0 fully saturated rings. The van der Waals surface area contributed by atoms with Crippen LogP contribution in [0.1, 0.15) is 13.3 Å². The van der Waals surface area contributed by atoms with Gasteiger partial charge in [-0.05, 0) is 19.9 Å². The first-order chi connectivity index (χ1) is 6.43. The highest BCUT2D eigenvalue weighted by molar-refractivity contribution is 4.79. The molecule has 4 heteroatoms. The van der Waals surface area contributed by atoms with E-state index in [4.69, 9.17) is 0 Å². The van der Waals surface area contributed by atoms with E-state index >= 15 is 0 Å². The molecule has 0 aliphatic rings. The normalized spacial score (nSPS) is 11.2. The molecule has 0 amide bonds. The van der Waals surface area contributed by atoms with Crippen molar-refractivity contribution < 1.29 is 0 Å². The summed E-state index contributed by atoms with van der Waals surface area (Å²) >= 11 is 0. The molecule has 0 saturated heterocycles. The molecule has 0 aliphatic heterocycles. The van der Waals surface area contributed by atoms with Crippen LogP contribution >= 0.6 is 0 Å². The third-order valence-corrected chi connectivity index (χ3v) is 1.71. The first-order valence-electron chi connectivity index (χ1n) is 4.59. The Bertz CT molecular complexity index is 228. The summed E-state index contributed by atoms with van der Waals surface area (Å²) in [6.07, 6.45) is 8.82. The molecule has 4 nitrogen and oxygen atoms in total. The van der Waals surface area contributed by atoms with Crippen LogP contribution in [0.2, 0.25) is 0 Å². The largest absolute Gasteiger partial charge is 0.313 e. The second-order valence-electron chi connectivity index (χ2n) is 2.79. The van der Waals surface area contributed by atoms with Crippen LogP contribution in [0.4, 0.5) is 0 Å². The topological polar surface area (TPSA) is 42.7 Å². The van der Waals surface area contributed by atoms with Gasteiger partial charge in [0.25, 0.3) is 0 Å². The summed E-state index contributed by atoms with van der Waals surface area (Å²) in [4.78, 5) is 0. The fourth-order valence-electron chi connectivity index (χ4n) is 1.02. The maximum atomic E-state index is 3.88. The number of aryl methyl sites for hydroxylation is 1. The Hall–Kier alpha value is -1.16. The number of aromatic nitrogens is 3. The lowest BCUT2D eigenvalue weighted by Gasteiger charge is -2.01. The van der Waals surface area contributed by atoms with Crippen molar-refractivity contribution in [1.29, 1.82) is 0 Å². The fraction of sp³-hybridized carbons (Fsp3) is 0.556.